The molecule has 0 unspecified atom stereocenters. The summed E-state index contributed by atoms with van der Waals surface area (Å²) in [6.07, 6.45) is -17.3. The third-order valence-electron chi connectivity index (χ3n) is 8.34. The van der Waals surface area contributed by atoms with Crippen molar-refractivity contribution in [2.45, 2.75) is 184 Å². The minimum atomic E-state index is -4.43. The van der Waals surface area contributed by atoms with E-state index in [1.165, 1.54) is 25.6 Å². The van der Waals surface area contributed by atoms with Gasteiger partial charge in [-0.1, -0.05) is 27.7 Å². The standard InChI is InChI=1S/C10H17F3O4S.C10H17F3O2S.C8H13F3O4S.C8H14O3S.C6H11BrO2/c1-4-17-8(14)9(2,3)18(15,16)7-5-6-10(11,12)13;1-4-15-8(14)9(2,3)16-7-5-6-10(11,12)13;1-7(2,6(12)13)16(14,15)5-3-4-8(9,10)11;1-5-11-7(10)8(3,4)12-6(2)9;1-4-9-5(8)6(2,3)7/h4-7H2,1-3H3;4-7H2,1-3H3;3-5H2,1-2H3,(H,12,13);5H2,1-4H3;4H2,1-3H3. The molecule has 0 radical (unpaired) electrons. The molecule has 0 aromatic rings. The molecule has 1 N–H and O–H groups in total. The molecule has 0 fully saturated rings. The summed E-state index contributed by atoms with van der Waals surface area (Å²) in [5.41, 5.74) is 0. The fraction of sp³-hybridized carbons (Fsp3) is 0.857. The van der Waals surface area contributed by atoms with Crippen molar-refractivity contribution >= 4 is 94.1 Å². The molecule has 0 atom stereocenters. The van der Waals surface area contributed by atoms with Crippen LogP contribution >= 0.6 is 39.5 Å². The van der Waals surface area contributed by atoms with Gasteiger partial charge in [0.05, 0.1) is 37.9 Å². The van der Waals surface area contributed by atoms with Crippen molar-refractivity contribution in [3.63, 3.8) is 0 Å². The normalized spacial score (nSPS) is 12.6. The van der Waals surface area contributed by atoms with Crippen LogP contribution in [-0.2, 0) is 67.4 Å². The van der Waals surface area contributed by atoms with Gasteiger partial charge in [0.15, 0.2) is 34.3 Å². The number of esters is 4. The van der Waals surface area contributed by atoms with Crippen molar-refractivity contribution < 1.29 is 109 Å². The van der Waals surface area contributed by atoms with Crippen LogP contribution in [0.5, 0.6) is 0 Å². The molecule has 0 aliphatic rings. The summed E-state index contributed by atoms with van der Waals surface area (Å²) < 4.78 is 166. The maximum atomic E-state index is 11.9. The van der Waals surface area contributed by atoms with Crippen LogP contribution in [0.2, 0.25) is 0 Å². The number of rotatable bonds is 22. The Balaban J connectivity index is -0.000000260. The maximum absolute atomic E-state index is 11.9. The zero-order chi connectivity index (χ0) is 57.9. The average molecular weight is 1200 g/mol. The molecular formula is C42H72BrF9O15S4. The predicted octanol–water partition coefficient (Wildman–Crippen LogP) is 10.4. The van der Waals surface area contributed by atoms with Crippen molar-refractivity contribution in [2.24, 2.45) is 0 Å². The van der Waals surface area contributed by atoms with E-state index in [2.05, 4.69) is 20.7 Å². The molecule has 0 aliphatic carbocycles. The van der Waals surface area contributed by atoms with Gasteiger partial charge in [-0.2, -0.15) is 39.5 Å². The lowest BCUT2D eigenvalue weighted by molar-refractivity contribution is -0.146. The lowest BCUT2D eigenvalue weighted by Gasteiger charge is -2.22. The molecule has 0 aromatic carbocycles. The first-order chi connectivity index (χ1) is 31.4. The number of hydrogen-bond donors (Lipinski definition) is 1. The molecule has 0 aliphatic heterocycles. The molecule has 0 saturated carbocycles. The van der Waals surface area contributed by atoms with Crippen molar-refractivity contribution in [1.82, 2.24) is 0 Å². The molecule has 0 spiro atoms. The van der Waals surface area contributed by atoms with Crippen LogP contribution in [0, 0.1) is 0 Å². The van der Waals surface area contributed by atoms with Crippen LogP contribution in [0.25, 0.3) is 0 Å². The Morgan fingerprint density at radius 3 is 1.07 bits per heavy atom. The van der Waals surface area contributed by atoms with Gasteiger partial charge in [-0.3, -0.25) is 28.8 Å². The summed E-state index contributed by atoms with van der Waals surface area (Å²) in [6.45, 7) is 23.6. The van der Waals surface area contributed by atoms with E-state index in [1.807, 2.05) is 0 Å². The van der Waals surface area contributed by atoms with E-state index in [-0.39, 0.29) is 42.7 Å². The highest BCUT2D eigenvalue weighted by atomic mass is 79.9. The molecule has 0 amide bonds. The van der Waals surface area contributed by atoms with Crippen molar-refractivity contribution in [3.05, 3.63) is 0 Å². The lowest BCUT2D eigenvalue weighted by Crippen LogP contribution is -2.43. The number of thioether (sulfide) groups is 2. The largest absolute Gasteiger partial charge is 0.480 e. The number of carbonyl (C=O) groups is 6. The van der Waals surface area contributed by atoms with Gasteiger partial charge < -0.3 is 24.1 Å². The number of carboxylic acids is 1. The number of hydrogen-bond acceptors (Lipinski definition) is 16. The Labute approximate surface area is 429 Å². The molecule has 0 aromatic heterocycles. The van der Waals surface area contributed by atoms with Crippen LogP contribution in [0.1, 0.15) is 142 Å². The molecule has 0 saturated heterocycles. The van der Waals surface area contributed by atoms with E-state index in [4.69, 9.17) is 19.3 Å². The van der Waals surface area contributed by atoms with Crippen LogP contribution in [0.3, 0.4) is 0 Å². The van der Waals surface area contributed by atoms with Gasteiger partial charge in [-0.25, -0.2) is 16.8 Å². The monoisotopic (exact) mass is 1190 g/mol. The number of ether oxygens (including phenoxy) is 4. The molecule has 0 heterocycles. The fourth-order valence-electron chi connectivity index (χ4n) is 3.97. The third kappa shape index (κ3) is 37.8. The minimum absolute atomic E-state index is 0.0142. The van der Waals surface area contributed by atoms with Gasteiger partial charge >= 0.3 is 48.4 Å². The quantitative estimate of drug-likeness (QED) is 0.0349. The third-order valence-corrected chi connectivity index (χ3v) is 16.1. The second kappa shape index (κ2) is 33.4. The Kier molecular flexibility index (Phi) is 36.4. The summed E-state index contributed by atoms with van der Waals surface area (Å²) in [5, 5.41) is 8.56. The highest BCUT2D eigenvalue weighted by Crippen LogP contribution is 2.30. The molecule has 29 heteroatoms. The van der Waals surface area contributed by atoms with E-state index < -0.39 is 117 Å². The topological polar surface area (TPSA) is 228 Å². The summed E-state index contributed by atoms with van der Waals surface area (Å²) >= 11 is 5.35. The van der Waals surface area contributed by atoms with Gasteiger partial charge in [0.25, 0.3) is 0 Å². The SMILES string of the molecule is CC(C)(C(=O)O)S(=O)(=O)CCCC(F)(F)F.CCOC(=O)C(C)(C)Br.CCOC(=O)C(C)(C)S(=O)(=O)CCCC(F)(F)F.CCOC(=O)C(C)(C)SC(C)=O.CCOC(=O)C(C)(C)SCCCC(F)(F)F. The van der Waals surface area contributed by atoms with Crippen LogP contribution in [0.4, 0.5) is 39.5 Å². The van der Waals surface area contributed by atoms with E-state index >= 15 is 0 Å². The molecule has 424 valence electrons. The number of alkyl halides is 10. The Morgan fingerprint density at radius 2 is 0.789 bits per heavy atom. The van der Waals surface area contributed by atoms with Crippen LogP contribution < -0.4 is 0 Å². The molecule has 0 bridgehead atoms. The Bertz CT molecular complexity index is 1860. The fourth-order valence-corrected chi connectivity index (χ4v) is 8.57. The van der Waals surface area contributed by atoms with Crippen molar-refractivity contribution in [1.29, 1.82) is 0 Å². The van der Waals surface area contributed by atoms with E-state index in [0.29, 0.717) is 19.0 Å². The molecule has 0 rings (SSSR count). The zero-order valence-corrected chi connectivity index (χ0v) is 47.6. The summed E-state index contributed by atoms with van der Waals surface area (Å²) in [4.78, 5) is 66.2. The van der Waals surface area contributed by atoms with E-state index in [9.17, 15) is 85.1 Å². The van der Waals surface area contributed by atoms with E-state index in [0.717, 1.165) is 39.5 Å². The van der Waals surface area contributed by atoms with Gasteiger partial charge in [-0.15, -0.1) is 11.8 Å². The zero-order valence-electron chi connectivity index (χ0n) is 42.8. The molecule has 15 nitrogen and oxygen atoms in total. The van der Waals surface area contributed by atoms with Crippen LogP contribution in [-0.4, -0.2) is 142 Å². The molecular weight excluding hydrogens is 1120 g/mol. The highest BCUT2D eigenvalue weighted by molar-refractivity contribution is 9.10. The summed E-state index contributed by atoms with van der Waals surface area (Å²) in [6, 6.07) is 0. The first-order valence-electron chi connectivity index (χ1n) is 21.5. The number of carboxylic acid groups (broad SMARTS) is 1. The number of aliphatic carboxylic acids is 1. The summed E-state index contributed by atoms with van der Waals surface area (Å²) in [7, 11) is -8.06. The number of sulfone groups is 2. The number of carbonyl (C=O) groups excluding carboxylic acids is 5. The second-order valence-corrected chi connectivity index (χ2v) is 27.8. The van der Waals surface area contributed by atoms with E-state index in [1.54, 1.807) is 62.3 Å². The van der Waals surface area contributed by atoms with Crippen molar-refractivity contribution in [3.8, 4) is 0 Å². The average Bonchev–Trinajstić information content (AvgIpc) is 3.15. The van der Waals surface area contributed by atoms with Gasteiger partial charge in [0.2, 0.25) is 0 Å². The first-order valence-corrected chi connectivity index (χ1v) is 27.4. The summed E-state index contributed by atoms with van der Waals surface area (Å²) in [5.74, 6) is -4.64. The lowest BCUT2D eigenvalue weighted by atomic mass is 10.2. The smallest absolute Gasteiger partial charge is 0.389 e. The van der Waals surface area contributed by atoms with Gasteiger partial charge in [-0.05, 0) is 122 Å². The minimum Gasteiger partial charge on any atom is -0.480 e. The Hall–Kier alpha value is -2.53. The van der Waals surface area contributed by atoms with Crippen LogP contribution in [0.15, 0.2) is 0 Å². The van der Waals surface area contributed by atoms with Gasteiger partial charge in [0, 0.05) is 26.2 Å². The predicted molar refractivity (Wildman–Crippen MR) is 258 cm³/mol. The van der Waals surface area contributed by atoms with Gasteiger partial charge in [0.1, 0.15) is 13.8 Å². The van der Waals surface area contributed by atoms with Crippen molar-refractivity contribution in [2.75, 3.05) is 43.7 Å². The molecule has 71 heavy (non-hydrogen) atoms. The number of halogens is 10. The Morgan fingerprint density at radius 1 is 0.493 bits per heavy atom. The highest BCUT2D eigenvalue weighted by Gasteiger charge is 2.44. The first kappa shape index (κ1) is 77.4. The second-order valence-electron chi connectivity index (χ2n) is 16.9. The maximum Gasteiger partial charge on any atom is 0.389 e.